The summed E-state index contributed by atoms with van der Waals surface area (Å²) in [6.45, 7) is 5.41. The highest BCUT2D eigenvalue weighted by Crippen LogP contribution is 2.24. The minimum atomic E-state index is -0.243. The first kappa shape index (κ1) is 17.7. The summed E-state index contributed by atoms with van der Waals surface area (Å²) in [5.74, 6) is 0.752. The number of nitrogens with zero attached hydrogens (tertiary/aromatic N) is 5. The number of anilines is 2. The average Bonchev–Trinajstić information content (AvgIpc) is 3.25. The van der Waals surface area contributed by atoms with Crippen LogP contribution in [0.4, 0.5) is 16.4 Å². The van der Waals surface area contributed by atoms with Crippen LogP contribution in [0.1, 0.15) is 30.2 Å². The molecule has 0 aliphatic carbocycles. The number of carbonyl (C=O) groups is 1. The maximum Gasteiger partial charge on any atom is 0.322 e. The first-order valence-electron chi connectivity index (χ1n) is 9.37. The zero-order valence-corrected chi connectivity index (χ0v) is 15.5. The Balaban J connectivity index is 1.44. The van der Waals surface area contributed by atoms with E-state index in [0.29, 0.717) is 19.7 Å². The van der Waals surface area contributed by atoms with Gasteiger partial charge >= 0.3 is 6.03 Å². The lowest BCUT2D eigenvalue weighted by Crippen LogP contribution is -2.44. The van der Waals surface area contributed by atoms with Gasteiger partial charge in [0.15, 0.2) is 0 Å². The molecule has 0 aromatic carbocycles. The van der Waals surface area contributed by atoms with Crippen LogP contribution >= 0.6 is 0 Å². The van der Waals surface area contributed by atoms with Gasteiger partial charge in [-0.25, -0.2) is 14.8 Å². The Kier molecular flexibility index (Phi) is 5.15. The van der Waals surface area contributed by atoms with Gasteiger partial charge in [0.1, 0.15) is 6.10 Å². The third-order valence-electron chi connectivity index (χ3n) is 5.00. The van der Waals surface area contributed by atoms with Gasteiger partial charge in [0.25, 0.3) is 0 Å². The minimum Gasteiger partial charge on any atom is -0.368 e. The van der Waals surface area contributed by atoms with E-state index < -0.39 is 0 Å². The highest BCUT2D eigenvalue weighted by atomic mass is 16.5. The van der Waals surface area contributed by atoms with Gasteiger partial charge < -0.3 is 19.9 Å². The van der Waals surface area contributed by atoms with Gasteiger partial charge in [0.2, 0.25) is 5.95 Å². The van der Waals surface area contributed by atoms with Gasteiger partial charge in [-0.3, -0.25) is 4.98 Å². The standard InChI is InChI=1S/C19H24N6O2/c1-14-12-20-6-4-15(14)23-19(26)25-10-11-27-17(13-25)16-5-7-21-18(22-16)24-8-2-3-9-24/h4-7,12,17H,2-3,8-11,13H2,1H3,(H,20,23,26)/t17-/m0/s1. The van der Waals surface area contributed by atoms with E-state index in [9.17, 15) is 4.79 Å². The number of rotatable bonds is 3. The second kappa shape index (κ2) is 7.87. The number of pyridine rings is 1. The van der Waals surface area contributed by atoms with Crippen molar-refractivity contribution in [3.05, 3.63) is 42.0 Å². The summed E-state index contributed by atoms with van der Waals surface area (Å²) < 4.78 is 5.90. The predicted molar refractivity (Wildman–Crippen MR) is 102 cm³/mol. The molecule has 27 heavy (non-hydrogen) atoms. The molecule has 0 unspecified atom stereocenters. The van der Waals surface area contributed by atoms with E-state index in [-0.39, 0.29) is 12.1 Å². The van der Waals surface area contributed by atoms with Crippen molar-refractivity contribution >= 4 is 17.7 Å². The van der Waals surface area contributed by atoms with E-state index in [1.54, 1.807) is 29.6 Å². The summed E-state index contributed by atoms with van der Waals surface area (Å²) in [6, 6.07) is 3.54. The topological polar surface area (TPSA) is 83.5 Å². The van der Waals surface area contributed by atoms with E-state index in [0.717, 1.165) is 36.0 Å². The van der Waals surface area contributed by atoms with Crippen LogP contribution in [0.5, 0.6) is 0 Å². The minimum absolute atomic E-state index is 0.133. The van der Waals surface area contributed by atoms with Crippen molar-refractivity contribution in [1.29, 1.82) is 0 Å². The molecule has 4 heterocycles. The Morgan fingerprint density at radius 3 is 2.89 bits per heavy atom. The molecule has 0 saturated carbocycles. The molecule has 2 amide bonds. The smallest absolute Gasteiger partial charge is 0.322 e. The quantitative estimate of drug-likeness (QED) is 0.896. The Morgan fingerprint density at radius 1 is 1.22 bits per heavy atom. The number of aromatic nitrogens is 3. The molecule has 1 N–H and O–H groups in total. The third kappa shape index (κ3) is 4.00. The molecule has 2 aliphatic heterocycles. The van der Waals surface area contributed by atoms with Crippen molar-refractivity contribution in [2.75, 3.05) is 43.0 Å². The van der Waals surface area contributed by atoms with Crippen LogP contribution in [0.3, 0.4) is 0 Å². The number of hydrogen-bond acceptors (Lipinski definition) is 6. The largest absolute Gasteiger partial charge is 0.368 e. The maximum absolute atomic E-state index is 12.7. The van der Waals surface area contributed by atoms with Crippen LogP contribution in [0.25, 0.3) is 0 Å². The molecule has 0 spiro atoms. The zero-order valence-electron chi connectivity index (χ0n) is 15.5. The second-order valence-electron chi connectivity index (χ2n) is 6.90. The molecule has 2 fully saturated rings. The van der Waals surface area contributed by atoms with Crippen LogP contribution in [0.2, 0.25) is 0 Å². The van der Waals surface area contributed by atoms with Gasteiger partial charge in [0, 0.05) is 43.9 Å². The van der Waals surface area contributed by atoms with Gasteiger partial charge in [0.05, 0.1) is 18.8 Å². The Bertz CT molecular complexity index is 808. The number of ether oxygens (including phenoxy) is 1. The summed E-state index contributed by atoms with van der Waals surface area (Å²) in [6.07, 6.45) is 7.29. The number of urea groups is 1. The number of nitrogens with one attached hydrogen (secondary N) is 1. The fourth-order valence-corrected chi connectivity index (χ4v) is 3.43. The van der Waals surface area contributed by atoms with Crippen molar-refractivity contribution in [3.8, 4) is 0 Å². The highest BCUT2D eigenvalue weighted by Gasteiger charge is 2.27. The van der Waals surface area contributed by atoms with Crippen molar-refractivity contribution in [2.45, 2.75) is 25.9 Å². The van der Waals surface area contributed by atoms with Crippen LogP contribution in [-0.2, 0) is 4.74 Å². The molecule has 2 aromatic rings. The molecule has 2 aliphatic rings. The summed E-state index contributed by atoms with van der Waals surface area (Å²) in [4.78, 5) is 29.8. The molecule has 142 valence electrons. The monoisotopic (exact) mass is 368 g/mol. The molecule has 1 atom stereocenters. The molecule has 8 heteroatoms. The van der Waals surface area contributed by atoms with Gasteiger partial charge in [-0.2, -0.15) is 0 Å². The fourth-order valence-electron chi connectivity index (χ4n) is 3.43. The fraction of sp³-hybridized carbons (Fsp3) is 0.474. The lowest BCUT2D eigenvalue weighted by atomic mass is 10.2. The van der Waals surface area contributed by atoms with Crippen LogP contribution < -0.4 is 10.2 Å². The third-order valence-corrected chi connectivity index (χ3v) is 5.00. The molecule has 2 aromatic heterocycles. The Labute approximate surface area is 158 Å². The number of aryl methyl sites for hydroxylation is 1. The van der Waals surface area contributed by atoms with Crippen LogP contribution in [0, 0.1) is 6.92 Å². The molecule has 4 rings (SSSR count). The molecule has 0 radical (unpaired) electrons. The molecule has 0 bridgehead atoms. The Morgan fingerprint density at radius 2 is 2.07 bits per heavy atom. The first-order valence-corrected chi connectivity index (χ1v) is 9.37. The van der Waals surface area contributed by atoms with Gasteiger partial charge in [-0.05, 0) is 37.5 Å². The SMILES string of the molecule is Cc1cnccc1NC(=O)N1CCO[C@H](c2ccnc(N3CCCC3)n2)C1. The summed E-state index contributed by atoms with van der Waals surface area (Å²) in [7, 11) is 0. The van der Waals surface area contributed by atoms with E-state index >= 15 is 0 Å². The normalized spacial score (nSPS) is 20.0. The van der Waals surface area contributed by atoms with E-state index in [2.05, 4.69) is 20.2 Å². The van der Waals surface area contributed by atoms with E-state index in [1.165, 1.54) is 12.8 Å². The number of carbonyl (C=O) groups excluding carboxylic acids is 1. The van der Waals surface area contributed by atoms with Crippen molar-refractivity contribution in [2.24, 2.45) is 0 Å². The molecule has 8 nitrogen and oxygen atoms in total. The summed E-state index contributed by atoms with van der Waals surface area (Å²) >= 11 is 0. The van der Waals surface area contributed by atoms with Crippen LogP contribution in [-0.4, -0.2) is 58.7 Å². The number of amides is 2. The Hall–Kier alpha value is -2.74. The number of hydrogen-bond donors (Lipinski definition) is 1. The van der Waals surface area contributed by atoms with Crippen molar-refractivity contribution in [3.63, 3.8) is 0 Å². The van der Waals surface area contributed by atoms with Crippen LogP contribution in [0.15, 0.2) is 30.7 Å². The first-order chi connectivity index (χ1) is 13.2. The lowest BCUT2D eigenvalue weighted by Gasteiger charge is -2.33. The van der Waals surface area contributed by atoms with Gasteiger partial charge in [-0.15, -0.1) is 0 Å². The van der Waals surface area contributed by atoms with E-state index in [4.69, 9.17) is 9.72 Å². The zero-order chi connectivity index (χ0) is 18.6. The molecule has 2 saturated heterocycles. The second-order valence-corrected chi connectivity index (χ2v) is 6.90. The lowest BCUT2D eigenvalue weighted by molar-refractivity contribution is -0.0157. The number of morpholine rings is 1. The molecular weight excluding hydrogens is 344 g/mol. The van der Waals surface area contributed by atoms with Crippen molar-refractivity contribution < 1.29 is 9.53 Å². The average molecular weight is 368 g/mol. The van der Waals surface area contributed by atoms with Gasteiger partial charge in [-0.1, -0.05) is 0 Å². The highest BCUT2D eigenvalue weighted by molar-refractivity contribution is 5.90. The molecular formula is C19H24N6O2. The van der Waals surface area contributed by atoms with Crippen molar-refractivity contribution in [1.82, 2.24) is 19.9 Å². The predicted octanol–water partition coefficient (Wildman–Crippen LogP) is 2.39. The van der Waals surface area contributed by atoms with E-state index in [1.807, 2.05) is 13.0 Å². The summed E-state index contributed by atoms with van der Waals surface area (Å²) in [5, 5.41) is 2.96. The summed E-state index contributed by atoms with van der Waals surface area (Å²) in [5.41, 5.74) is 2.53. The maximum atomic E-state index is 12.7.